The topological polar surface area (TPSA) is 81.2 Å². The summed E-state index contributed by atoms with van der Waals surface area (Å²) in [5.74, 6) is -1.35. The Balaban J connectivity index is 1.71. The smallest absolute Gasteiger partial charge is 0.433 e. The number of nitrogens with one attached hydrogen (secondary N) is 1. The predicted octanol–water partition coefficient (Wildman–Crippen LogP) is 3.30. The molecular weight excluding hydrogens is 311 g/mol. The maximum Gasteiger partial charge on any atom is 0.468 e. The molecule has 1 aliphatic carbocycles. The fourth-order valence-corrected chi connectivity index (χ4v) is 2.90. The standard InChI is InChI=1S/C15H16F3N3O2/c16-15(17,18)14-21-11-7-9(4-5-12(11)23-14)20-13(22)6-8-2-1-3-10(8)19/h4-5,7-8,10H,1-3,6,19H2,(H,20,22)/t8-,10+/m0/s1. The fraction of sp³-hybridized carbons (Fsp3) is 0.467. The number of hydrogen-bond acceptors (Lipinski definition) is 4. The van der Waals surface area contributed by atoms with Gasteiger partial charge in [0.2, 0.25) is 5.91 Å². The lowest BCUT2D eigenvalue weighted by atomic mass is 10.00. The van der Waals surface area contributed by atoms with E-state index in [1.807, 2.05) is 0 Å². The van der Waals surface area contributed by atoms with Gasteiger partial charge in [0.15, 0.2) is 5.58 Å². The average molecular weight is 327 g/mol. The first-order valence-electron chi connectivity index (χ1n) is 7.36. The molecule has 1 amide bonds. The number of oxazole rings is 1. The molecule has 5 nitrogen and oxygen atoms in total. The molecule has 0 spiro atoms. The number of carbonyl (C=O) groups excluding carboxylic acids is 1. The van der Waals surface area contributed by atoms with Crippen LogP contribution in [0.4, 0.5) is 18.9 Å². The third kappa shape index (κ3) is 3.47. The zero-order valence-electron chi connectivity index (χ0n) is 12.2. The highest BCUT2D eigenvalue weighted by Crippen LogP contribution is 2.32. The molecule has 1 heterocycles. The second-order valence-corrected chi connectivity index (χ2v) is 5.81. The number of hydrogen-bond donors (Lipinski definition) is 2. The van der Waals surface area contributed by atoms with E-state index >= 15 is 0 Å². The van der Waals surface area contributed by atoms with Crippen LogP contribution in [-0.2, 0) is 11.0 Å². The second-order valence-electron chi connectivity index (χ2n) is 5.81. The Hall–Kier alpha value is -2.09. The molecule has 23 heavy (non-hydrogen) atoms. The van der Waals surface area contributed by atoms with Crippen LogP contribution >= 0.6 is 0 Å². The van der Waals surface area contributed by atoms with E-state index in [4.69, 9.17) is 5.73 Å². The highest BCUT2D eigenvalue weighted by molar-refractivity contribution is 5.93. The van der Waals surface area contributed by atoms with Crippen LogP contribution < -0.4 is 11.1 Å². The Labute approximate surface area is 130 Å². The lowest BCUT2D eigenvalue weighted by molar-refractivity contribution is -0.156. The first kappa shape index (κ1) is 15.8. The van der Waals surface area contributed by atoms with E-state index < -0.39 is 12.1 Å². The molecule has 0 unspecified atom stereocenters. The molecule has 2 atom stereocenters. The van der Waals surface area contributed by atoms with E-state index in [0.29, 0.717) is 12.1 Å². The number of nitrogens with zero attached hydrogens (tertiary/aromatic N) is 1. The highest BCUT2D eigenvalue weighted by atomic mass is 19.4. The van der Waals surface area contributed by atoms with E-state index in [1.165, 1.54) is 18.2 Å². The molecule has 3 rings (SSSR count). The summed E-state index contributed by atoms with van der Waals surface area (Å²) in [6.45, 7) is 0. The molecule has 8 heteroatoms. The number of anilines is 1. The van der Waals surface area contributed by atoms with Crippen molar-refractivity contribution in [1.82, 2.24) is 4.98 Å². The molecule has 0 aliphatic heterocycles. The van der Waals surface area contributed by atoms with E-state index in [0.717, 1.165) is 19.3 Å². The third-order valence-corrected chi connectivity index (χ3v) is 4.08. The van der Waals surface area contributed by atoms with Crippen LogP contribution in [0.3, 0.4) is 0 Å². The number of benzene rings is 1. The monoisotopic (exact) mass is 327 g/mol. The number of aromatic nitrogens is 1. The summed E-state index contributed by atoms with van der Waals surface area (Å²) in [5, 5.41) is 2.67. The first-order chi connectivity index (χ1) is 10.8. The number of rotatable bonds is 3. The number of fused-ring (bicyclic) bond motifs is 1. The van der Waals surface area contributed by atoms with Crippen molar-refractivity contribution >= 4 is 22.7 Å². The zero-order valence-corrected chi connectivity index (χ0v) is 12.2. The maximum atomic E-state index is 12.6. The molecule has 3 N–H and O–H groups in total. The molecule has 1 aliphatic rings. The van der Waals surface area contributed by atoms with Gasteiger partial charge in [-0.15, -0.1) is 0 Å². The Morgan fingerprint density at radius 2 is 2.17 bits per heavy atom. The van der Waals surface area contributed by atoms with Crippen LogP contribution in [0.25, 0.3) is 11.1 Å². The Morgan fingerprint density at radius 3 is 2.83 bits per heavy atom. The van der Waals surface area contributed by atoms with Gasteiger partial charge >= 0.3 is 12.1 Å². The van der Waals surface area contributed by atoms with Crippen molar-refractivity contribution in [3.8, 4) is 0 Å². The number of halogens is 3. The number of nitrogens with two attached hydrogens (primary N) is 1. The first-order valence-corrected chi connectivity index (χ1v) is 7.36. The van der Waals surface area contributed by atoms with Gasteiger partial charge in [-0.1, -0.05) is 6.42 Å². The molecular formula is C15H16F3N3O2. The summed E-state index contributed by atoms with van der Waals surface area (Å²) in [6.07, 6.45) is -1.47. The maximum absolute atomic E-state index is 12.6. The van der Waals surface area contributed by atoms with Crippen molar-refractivity contribution in [3.63, 3.8) is 0 Å². The van der Waals surface area contributed by atoms with Crippen LogP contribution in [0.15, 0.2) is 22.6 Å². The van der Waals surface area contributed by atoms with Crippen molar-refractivity contribution in [3.05, 3.63) is 24.1 Å². The van der Waals surface area contributed by atoms with Gasteiger partial charge in [-0.25, -0.2) is 4.98 Å². The summed E-state index contributed by atoms with van der Waals surface area (Å²) in [4.78, 5) is 15.4. The summed E-state index contributed by atoms with van der Waals surface area (Å²) in [5.41, 5.74) is 6.39. The largest absolute Gasteiger partial charge is 0.468 e. The highest BCUT2D eigenvalue weighted by Gasteiger charge is 2.37. The van der Waals surface area contributed by atoms with Crippen molar-refractivity contribution in [2.75, 3.05) is 5.32 Å². The van der Waals surface area contributed by atoms with Gasteiger partial charge in [0.1, 0.15) is 5.52 Å². The predicted molar refractivity (Wildman–Crippen MR) is 77.6 cm³/mol. The van der Waals surface area contributed by atoms with E-state index in [1.54, 1.807) is 0 Å². The number of carbonyl (C=O) groups is 1. The molecule has 1 aromatic carbocycles. The minimum Gasteiger partial charge on any atom is -0.433 e. The van der Waals surface area contributed by atoms with Crippen molar-refractivity contribution in [2.45, 2.75) is 37.9 Å². The summed E-state index contributed by atoms with van der Waals surface area (Å²) >= 11 is 0. The lowest BCUT2D eigenvalue weighted by Crippen LogP contribution is -2.28. The molecule has 124 valence electrons. The van der Waals surface area contributed by atoms with Crippen LogP contribution in [-0.4, -0.2) is 16.9 Å². The van der Waals surface area contributed by atoms with E-state index in [-0.39, 0.29) is 29.0 Å². The third-order valence-electron chi connectivity index (χ3n) is 4.08. The van der Waals surface area contributed by atoms with E-state index in [9.17, 15) is 18.0 Å². The number of amides is 1. The zero-order chi connectivity index (χ0) is 16.6. The fourth-order valence-electron chi connectivity index (χ4n) is 2.90. The van der Waals surface area contributed by atoms with Crippen LogP contribution in [0.2, 0.25) is 0 Å². The Kier molecular flexibility index (Phi) is 4.01. The van der Waals surface area contributed by atoms with E-state index in [2.05, 4.69) is 14.7 Å². The molecule has 1 saturated carbocycles. The summed E-state index contributed by atoms with van der Waals surface area (Å²) in [6, 6.07) is 4.24. The minimum absolute atomic E-state index is 0.0214. The van der Waals surface area contributed by atoms with Crippen molar-refractivity contribution in [1.29, 1.82) is 0 Å². The quantitative estimate of drug-likeness (QED) is 0.906. The normalized spacial score (nSPS) is 21.7. The molecule has 1 aromatic heterocycles. The molecule has 2 aromatic rings. The van der Waals surface area contributed by atoms with Gasteiger partial charge in [0.05, 0.1) is 0 Å². The van der Waals surface area contributed by atoms with Gasteiger partial charge in [-0.3, -0.25) is 4.79 Å². The van der Waals surface area contributed by atoms with Gasteiger partial charge in [0, 0.05) is 18.2 Å². The Morgan fingerprint density at radius 1 is 1.39 bits per heavy atom. The molecule has 0 bridgehead atoms. The molecule has 0 saturated heterocycles. The van der Waals surface area contributed by atoms with Crippen LogP contribution in [0.1, 0.15) is 31.6 Å². The van der Waals surface area contributed by atoms with Crippen LogP contribution in [0.5, 0.6) is 0 Å². The molecule has 0 radical (unpaired) electrons. The van der Waals surface area contributed by atoms with Crippen molar-refractivity contribution in [2.24, 2.45) is 11.7 Å². The number of alkyl halides is 3. The SMILES string of the molecule is N[C@@H]1CCC[C@H]1CC(=O)Nc1ccc2oc(C(F)(F)F)nc2c1. The van der Waals surface area contributed by atoms with Gasteiger partial charge < -0.3 is 15.5 Å². The van der Waals surface area contributed by atoms with Gasteiger partial charge in [-0.2, -0.15) is 13.2 Å². The average Bonchev–Trinajstić information content (AvgIpc) is 3.05. The van der Waals surface area contributed by atoms with Gasteiger partial charge in [0.25, 0.3) is 0 Å². The Bertz CT molecular complexity index is 726. The van der Waals surface area contributed by atoms with Gasteiger partial charge in [-0.05, 0) is 37.0 Å². The summed E-state index contributed by atoms with van der Waals surface area (Å²) in [7, 11) is 0. The van der Waals surface area contributed by atoms with Crippen molar-refractivity contribution < 1.29 is 22.4 Å². The molecule has 1 fully saturated rings. The van der Waals surface area contributed by atoms with Crippen LogP contribution in [0, 0.1) is 5.92 Å². The lowest BCUT2D eigenvalue weighted by Gasteiger charge is -2.14. The second kappa shape index (κ2) is 5.84. The minimum atomic E-state index is -4.64. The summed E-state index contributed by atoms with van der Waals surface area (Å²) < 4.78 is 42.3.